The van der Waals surface area contributed by atoms with Crippen LogP contribution in [-0.2, 0) is 16.4 Å². The normalized spacial score (nSPS) is 11.3. The number of sulfonamides is 1. The summed E-state index contributed by atoms with van der Waals surface area (Å²) in [6.45, 7) is 0. The molecule has 5 nitrogen and oxygen atoms in total. The number of aromatic carboxylic acids is 1. The Kier molecular flexibility index (Phi) is 4.87. The highest BCUT2D eigenvalue weighted by atomic mass is 35.5. The van der Waals surface area contributed by atoms with E-state index in [0.717, 1.165) is 4.88 Å². The van der Waals surface area contributed by atoms with Crippen molar-refractivity contribution in [3.05, 3.63) is 51.2 Å². The standard InChI is InChI=1S/C13H12ClNO4S2/c14-12-4-3-9(8-11(12)13(16)17)15-21(18,19)7-5-10-2-1-6-20-10/h1-4,6,8,15H,5,7H2,(H,16,17). The zero-order valence-corrected chi connectivity index (χ0v) is 13.1. The summed E-state index contributed by atoms with van der Waals surface area (Å²) in [5, 5.41) is 10.9. The number of carbonyl (C=O) groups is 1. The Hall–Kier alpha value is -1.57. The number of rotatable bonds is 6. The third-order valence-corrected chi connectivity index (χ3v) is 5.22. The first kappa shape index (κ1) is 15.8. The van der Waals surface area contributed by atoms with Crippen LogP contribution in [-0.4, -0.2) is 25.2 Å². The maximum atomic E-state index is 12.0. The molecule has 2 N–H and O–H groups in total. The van der Waals surface area contributed by atoms with E-state index in [0.29, 0.717) is 6.42 Å². The molecular weight excluding hydrogens is 334 g/mol. The molecule has 1 heterocycles. The Morgan fingerprint density at radius 1 is 1.33 bits per heavy atom. The number of nitrogens with one attached hydrogen (secondary N) is 1. The lowest BCUT2D eigenvalue weighted by Crippen LogP contribution is -2.18. The van der Waals surface area contributed by atoms with Crippen LogP contribution >= 0.6 is 22.9 Å². The van der Waals surface area contributed by atoms with Crippen LogP contribution in [0.25, 0.3) is 0 Å². The summed E-state index contributed by atoms with van der Waals surface area (Å²) in [4.78, 5) is 11.9. The molecule has 0 amide bonds. The molecule has 0 saturated carbocycles. The molecule has 0 radical (unpaired) electrons. The maximum absolute atomic E-state index is 12.0. The van der Waals surface area contributed by atoms with E-state index in [1.54, 1.807) is 0 Å². The lowest BCUT2D eigenvalue weighted by Gasteiger charge is -2.09. The fraction of sp³-hybridized carbons (Fsp3) is 0.154. The predicted molar refractivity (Wildman–Crippen MR) is 83.8 cm³/mol. The number of aryl methyl sites for hydroxylation is 1. The fourth-order valence-electron chi connectivity index (χ4n) is 1.67. The molecule has 21 heavy (non-hydrogen) atoms. The number of carboxylic acid groups (broad SMARTS) is 1. The second-order valence-corrected chi connectivity index (χ2v) is 7.53. The van der Waals surface area contributed by atoms with Gasteiger partial charge in [0.05, 0.1) is 16.3 Å². The molecule has 8 heteroatoms. The molecule has 0 aliphatic rings. The van der Waals surface area contributed by atoms with Gasteiger partial charge in [0.25, 0.3) is 0 Å². The first-order chi connectivity index (χ1) is 9.87. The van der Waals surface area contributed by atoms with Crippen molar-refractivity contribution in [1.82, 2.24) is 0 Å². The minimum absolute atomic E-state index is 0.0593. The van der Waals surface area contributed by atoms with Crippen molar-refractivity contribution in [2.45, 2.75) is 6.42 Å². The molecule has 0 aliphatic heterocycles. The number of thiophene rings is 1. The monoisotopic (exact) mass is 345 g/mol. The molecule has 2 rings (SSSR count). The van der Waals surface area contributed by atoms with E-state index in [2.05, 4.69) is 4.72 Å². The summed E-state index contributed by atoms with van der Waals surface area (Å²) in [5.41, 5.74) is 0.0399. The second kappa shape index (κ2) is 6.46. The van der Waals surface area contributed by atoms with Crippen LogP contribution in [0, 0.1) is 0 Å². The molecule has 112 valence electrons. The van der Waals surface area contributed by atoms with Gasteiger partial charge in [-0.05, 0) is 36.1 Å². The lowest BCUT2D eigenvalue weighted by molar-refractivity contribution is 0.0697. The molecule has 0 spiro atoms. The van der Waals surface area contributed by atoms with Gasteiger partial charge in [0.2, 0.25) is 10.0 Å². The summed E-state index contributed by atoms with van der Waals surface area (Å²) in [6, 6.07) is 7.70. The number of hydrogen-bond donors (Lipinski definition) is 2. The molecule has 2 aromatic rings. The molecule has 0 fully saturated rings. The third-order valence-electron chi connectivity index (χ3n) is 2.67. The number of anilines is 1. The summed E-state index contributed by atoms with van der Waals surface area (Å²) >= 11 is 7.23. The molecule has 1 aromatic carbocycles. The van der Waals surface area contributed by atoms with Crippen molar-refractivity contribution in [1.29, 1.82) is 0 Å². The van der Waals surface area contributed by atoms with Gasteiger partial charge in [-0.1, -0.05) is 17.7 Å². The fourth-order valence-corrected chi connectivity index (χ4v) is 3.79. The molecular formula is C13H12ClNO4S2. The molecule has 0 aliphatic carbocycles. The molecule has 0 unspecified atom stereocenters. The Bertz CT molecular complexity index is 742. The van der Waals surface area contributed by atoms with E-state index in [1.165, 1.54) is 29.5 Å². The number of benzene rings is 1. The van der Waals surface area contributed by atoms with Crippen molar-refractivity contribution in [2.24, 2.45) is 0 Å². The van der Waals surface area contributed by atoms with Crippen molar-refractivity contribution in [2.75, 3.05) is 10.5 Å². The largest absolute Gasteiger partial charge is 0.478 e. The van der Waals surface area contributed by atoms with Gasteiger partial charge in [0, 0.05) is 10.6 Å². The van der Waals surface area contributed by atoms with Crippen molar-refractivity contribution < 1.29 is 18.3 Å². The lowest BCUT2D eigenvalue weighted by atomic mass is 10.2. The van der Waals surface area contributed by atoms with E-state index in [9.17, 15) is 13.2 Å². The average molecular weight is 346 g/mol. The zero-order chi connectivity index (χ0) is 15.5. The number of carboxylic acids is 1. The van der Waals surface area contributed by atoms with Crippen LogP contribution in [0.5, 0.6) is 0 Å². The topological polar surface area (TPSA) is 83.5 Å². The highest BCUT2D eigenvalue weighted by molar-refractivity contribution is 7.92. The predicted octanol–water partition coefficient (Wildman–Crippen LogP) is 3.08. The van der Waals surface area contributed by atoms with Crippen molar-refractivity contribution in [3.63, 3.8) is 0 Å². The van der Waals surface area contributed by atoms with E-state index >= 15 is 0 Å². The summed E-state index contributed by atoms with van der Waals surface area (Å²) < 4.78 is 26.3. The third kappa shape index (κ3) is 4.45. The SMILES string of the molecule is O=C(O)c1cc(NS(=O)(=O)CCc2cccs2)ccc1Cl. The van der Waals surface area contributed by atoms with Crippen LogP contribution in [0.1, 0.15) is 15.2 Å². The van der Waals surface area contributed by atoms with Gasteiger partial charge >= 0.3 is 5.97 Å². The summed E-state index contributed by atoms with van der Waals surface area (Å²) in [5.74, 6) is -1.28. The van der Waals surface area contributed by atoms with E-state index in [-0.39, 0.29) is 22.0 Å². The number of halogens is 1. The van der Waals surface area contributed by atoms with Gasteiger partial charge in [0.1, 0.15) is 0 Å². The Labute approximate surface area is 131 Å². The molecule has 0 saturated heterocycles. The van der Waals surface area contributed by atoms with Gasteiger partial charge in [-0.2, -0.15) is 0 Å². The molecule has 0 bridgehead atoms. The number of hydrogen-bond acceptors (Lipinski definition) is 4. The first-order valence-electron chi connectivity index (χ1n) is 5.93. The van der Waals surface area contributed by atoms with E-state index in [1.807, 2.05) is 17.5 Å². The van der Waals surface area contributed by atoms with E-state index < -0.39 is 16.0 Å². The summed E-state index contributed by atoms with van der Waals surface area (Å²) in [6.07, 6.45) is 0.409. The summed E-state index contributed by atoms with van der Waals surface area (Å²) in [7, 11) is -3.55. The van der Waals surface area contributed by atoms with Crippen LogP contribution in [0.3, 0.4) is 0 Å². The van der Waals surface area contributed by atoms with Gasteiger partial charge in [0.15, 0.2) is 0 Å². The second-order valence-electron chi connectivity index (χ2n) is 4.25. The highest BCUT2D eigenvalue weighted by Crippen LogP contribution is 2.21. The quantitative estimate of drug-likeness (QED) is 0.842. The Balaban J connectivity index is 2.09. The average Bonchev–Trinajstić information content (AvgIpc) is 2.91. The van der Waals surface area contributed by atoms with Gasteiger partial charge in [-0.3, -0.25) is 4.72 Å². The maximum Gasteiger partial charge on any atom is 0.337 e. The van der Waals surface area contributed by atoms with Crippen molar-refractivity contribution >= 4 is 44.6 Å². The molecule has 0 atom stereocenters. The van der Waals surface area contributed by atoms with Crippen LogP contribution in [0.4, 0.5) is 5.69 Å². The Morgan fingerprint density at radius 2 is 2.10 bits per heavy atom. The molecule has 1 aromatic heterocycles. The van der Waals surface area contributed by atoms with Gasteiger partial charge < -0.3 is 5.11 Å². The van der Waals surface area contributed by atoms with Crippen molar-refractivity contribution in [3.8, 4) is 0 Å². The smallest absolute Gasteiger partial charge is 0.337 e. The van der Waals surface area contributed by atoms with Crippen LogP contribution < -0.4 is 4.72 Å². The van der Waals surface area contributed by atoms with Crippen LogP contribution in [0.15, 0.2) is 35.7 Å². The Morgan fingerprint density at radius 3 is 2.71 bits per heavy atom. The van der Waals surface area contributed by atoms with Gasteiger partial charge in [-0.15, -0.1) is 11.3 Å². The zero-order valence-electron chi connectivity index (χ0n) is 10.7. The minimum Gasteiger partial charge on any atom is -0.478 e. The highest BCUT2D eigenvalue weighted by Gasteiger charge is 2.14. The first-order valence-corrected chi connectivity index (χ1v) is 8.84. The minimum atomic E-state index is -3.55. The van der Waals surface area contributed by atoms with Gasteiger partial charge in [-0.25, -0.2) is 13.2 Å². The van der Waals surface area contributed by atoms with E-state index in [4.69, 9.17) is 16.7 Å². The van der Waals surface area contributed by atoms with Crippen LogP contribution in [0.2, 0.25) is 5.02 Å².